The van der Waals surface area contributed by atoms with Gasteiger partial charge in [-0.05, 0) is 6.42 Å². The largest absolute Gasteiger partial charge is 0.379 e. The smallest absolute Gasteiger partial charge is 0.214 e. The molecule has 0 radical (unpaired) electrons. The Labute approximate surface area is 110 Å². The van der Waals surface area contributed by atoms with Crippen LogP contribution in [0, 0.1) is 0 Å². The Bertz CT molecular complexity index is 150. The zero-order valence-electron chi connectivity index (χ0n) is 11.7. The Morgan fingerprint density at radius 2 is 1.56 bits per heavy atom. The normalized spacial score (nSPS) is 12.8. The number of methoxy groups -OCH3 is 1. The van der Waals surface area contributed by atoms with Crippen molar-refractivity contribution in [3.05, 3.63) is 0 Å². The topological polar surface area (TPSA) is 57.2 Å². The molecule has 0 amide bonds. The summed E-state index contributed by atoms with van der Waals surface area (Å²) in [6, 6.07) is 0. The van der Waals surface area contributed by atoms with Crippen molar-refractivity contribution in [1.29, 1.82) is 0 Å². The molecule has 18 heavy (non-hydrogen) atoms. The predicted molar refractivity (Wildman–Crippen MR) is 69.5 cm³/mol. The van der Waals surface area contributed by atoms with E-state index in [2.05, 4.69) is 11.8 Å². The summed E-state index contributed by atoms with van der Waals surface area (Å²) in [6.07, 6.45) is 6.89. The molecule has 0 aliphatic carbocycles. The van der Waals surface area contributed by atoms with Crippen molar-refractivity contribution in [3.8, 4) is 0 Å². The van der Waals surface area contributed by atoms with E-state index in [1.54, 1.807) is 0 Å². The molecule has 0 spiro atoms. The minimum atomic E-state index is -0.719. The molecule has 0 aliphatic heterocycles. The molecule has 0 saturated heterocycles. The first-order chi connectivity index (χ1) is 8.85. The fourth-order valence-corrected chi connectivity index (χ4v) is 1.53. The van der Waals surface area contributed by atoms with E-state index >= 15 is 0 Å². The van der Waals surface area contributed by atoms with Crippen molar-refractivity contribution in [2.75, 3.05) is 33.5 Å². The molecule has 1 unspecified atom stereocenters. The number of rotatable bonds is 14. The summed E-state index contributed by atoms with van der Waals surface area (Å²) < 4.78 is 15.4. The number of hydrogen-bond donors (Lipinski definition) is 1. The van der Waals surface area contributed by atoms with E-state index in [1.165, 1.54) is 39.2 Å². The predicted octanol–water partition coefficient (Wildman–Crippen LogP) is 2.84. The van der Waals surface area contributed by atoms with Gasteiger partial charge in [0.2, 0.25) is 6.29 Å². The van der Waals surface area contributed by atoms with Crippen LogP contribution in [-0.4, -0.2) is 45.1 Å². The van der Waals surface area contributed by atoms with E-state index < -0.39 is 6.29 Å². The summed E-state index contributed by atoms with van der Waals surface area (Å²) in [5, 5.41) is 8.35. The molecular weight excluding hydrogens is 236 g/mol. The van der Waals surface area contributed by atoms with Gasteiger partial charge in [0.25, 0.3) is 0 Å². The average Bonchev–Trinajstić information content (AvgIpc) is 2.40. The van der Waals surface area contributed by atoms with Crippen molar-refractivity contribution in [2.45, 2.75) is 51.7 Å². The van der Waals surface area contributed by atoms with E-state index in [-0.39, 0.29) is 6.61 Å². The average molecular weight is 264 g/mol. The number of ether oxygens (including phenoxy) is 3. The molecular formula is C13H28O5. The van der Waals surface area contributed by atoms with Crippen LogP contribution in [0.4, 0.5) is 0 Å². The lowest BCUT2D eigenvalue weighted by atomic mass is 10.1. The van der Waals surface area contributed by atoms with Crippen molar-refractivity contribution in [3.63, 3.8) is 0 Å². The third-order valence-corrected chi connectivity index (χ3v) is 2.65. The van der Waals surface area contributed by atoms with Gasteiger partial charge in [0.1, 0.15) is 6.61 Å². The van der Waals surface area contributed by atoms with Crippen molar-refractivity contribution in [2.24, 2.45) is 0 Å². The van der Waals surface area contributed by atoms with E-state index in [0.29, 0.717) is 13.2 Å². The van der Waals surface area contributed by atoms with Gasteiger partial charge in [0.15, 0.2) is 0 Å². The van der Waals surface area contributed by atoms with Gasteiger partial charge in [-0.15, -0.1) is 0 Å². The van der Waals surface area contributed by atoms with Crippen LogP contribution in [-0.2, 0) is 19.1 Å². The van der Waals surface area contributed by atoms with Gasteiger partial charge in [0, 0.05) is 13.7 Å². The van der Waals surface area contributed by atoms with Crippen molar-refractivity contribution < 1.29 is 24.4 Å². The first kappa shape index (κ1) is 17.8. The second-order valence-corrected chi connectivity index (χ2v) is 4.23. The van der Waals surface area contributed by atoms with E-state index in [1.807, 2.05) is 0 Å². The quantitative estimate of drug-likeness (QED) is 0.226. The minimum absolute atomic E-state index is 0.202. The van der Waals surface area contributed by atoms with Crippen LogP contribution in [0.3, 0.4) is 0 Å². The molecule has 5 nitrogen and oxygen atoms in total. The van der Waals surface area contributed by atoms with E-state index in [9.17, 15) is 0 Å². The van der Waals surface area contributed by atoms with Crippen molar-refractivity contribution in [1.82, 2.24) is 0 Å². The van der Waals surface area contributed by atoms with Crippen molar-refractivity contribution >= 4 is 0 Å². The highest BCUT2D eigenvalue weighted by atomic mass is 17.1. The summed E-state index contributed by atoms with van der Waals surface area (Å²) in [5.41, 5.74) is 0. The Kier molecular flexibility index (Phi) is 14.7. The van der Waals surface area contributed by atoms with E-state index in [4.69, 9.17) is 19.5 Å². The first-order valence-electron chi connectivity index (χ1n) is 6.83. The van der Waals surface area contributed by atoms with E-state index in [0.717, 1.165) is 13.0 Å². The zero-order chi connectivity index (χ0) is 13.5. The molecule has 5 heteroatoms. The van der Waals surface area contributed by atoms with Crippen LogP contribution in [0.15, 0.2) is 0 Å². The summed E-state index contributed by atoms with van der Waals surface area (Å²) >= 11 is 0. The summed E-state index contributed by atoms with van der Waals surface area (Å²) in [5.74, 6) is 0. The third kappa shape index (κ3) is 12.3. The Morgan fingerprint density at radius 3 is 2.22 bits per heavy atom. The third-order valence-electron chi connectivity index (χ3n) is 2.65. The first-order valence-corrected chi connectivity index (χ1v) is 6.83. The maximum absolute atomic E-state index is 8.35. The standard InChI is InChI=1S/C13H28O5/c1-3-4-5-6-7-8-9-16-10-11-17-12-13(15-2)18-14/h13-14H,3-12H2,1-2H3. The van der Waals surface area contributed by atoms with Gasteiger partial charge in [0.05, 0.1) is 13.2 Å². The van der Waals surface area contributed by atoms with Gasteiger partial charge in [-0.3, -0.25) is 0 Å². The second kappa shape index (κ2) is 14.9. The van der Waals surface area contributed by atoms with Crippen LogP contribution >= 0.6 is 0 Å². The Hall–Kier alpha value is -0.200. The Balaban J connectivity index is 3.03. The molecule has 0 aromatic rings. The van der Waals surface area contributed by atoms with Gasteiger partial charge >= 0.3 is 0 Å². The monoisotopic (exact) mass is 264 g/mol. The lowest BCUT2D eigenvalue weighted by molar-refractivity contribution is -0.349. The van der Waals surface area contributed by atoms with Crippen LogP contribution in [0.2, 0.25) is 0 Å². The highest BCUT2D eigenvalue weighted by molar-refractivity contribution is 4.43. The van der Waals surface area contributed by atoms with Crippen LogP contribution in [0.5, 0.6) is 0 Å². The maximum atomic E-state index is 8.35. The lowest BCUT2D eigenvalue weighted by Crippen LogP contribution is -2.21. The number of unbranched alkanes of at least 4 members (excludes halogenated alkanes) is 5. The van der Waals surface area contributed by atoms with Crippen LogP contribution in [0.1, 0.15) is 45.4 Å². The molecule has 0 fully saturated rings. The fraction of sp³-hybridized carbons (Fsp3) is 1.00. The molecule has 0 aliphatic rings. The van der Waals surface area contributed by atoms with Gasteiger partial charge in [-0.25, -0.2) is 10.1 Å². The summed E-state index contributed by atoms with van der Waals surface area (Å²) in [7, 11) is 1.44. The second-order valence-electron chi connectivity index (χ2n) is 4.23. The van der Waals surface area contributed by atoms with Crippen LogP contribution < -0.4 is 0 Å². The Morgan fingerprint density at radius 1 is 0.889 bits per heavy atom. The zero-order valence-corrected chi connectivity index (χ0v) is 11.7. The van der Waals surface area contributed by atoms with Gasteiger partial charge in [-0.1, -0.05) is 39.0 Å². The molecule has 0 aromatic carbocycles. The molecule has 110 valence electrons. The number of hydrogen-bond acceptors (Lipinski definition) is 5. The summed E-state index contributed by atoms with van der Waals surface area (Å²) in [4.78, 5) is 4.00. The fourth-order valence-electron chi connectivity index (χ4n) is 1.53. The molecule has 0 rings (SSSR count). The molecule has 0 bridgehead atoms. The summed E-state index contributed by atoms with van der Waals surface area (Å²) in [6.45, 7) is 4.27. The minimum Gasteiger partial charge on any atom is -0.379 e. The molecule has 0 heterocycles. The SMILES string of the molecule is CCCCCCCCOCCOCC(OC)OO. The molecule has 0 saturated carbocycles. The maximum Gasteiger partial charge on any atom is 0.214 e. The van der Waals surface area contributed by atoms with Gasteiger partial charge < -0.3 is 14.2 Å². The van der Waals surface area contributed by atoms with Gasteiger partial charge in [-0.2, -0.15) is 0 Å². The molecule has 0 aromatic heterocycles. The lowest BCUT2D eigenvalue weighted by Gasteiger charge is -2.11. The van der Waals surface area contributed by atoms with Crippen LogP contribution in [0.25, 0.3) is 0 Å². The molecule has 1 atom stereocenters. The highest BCUT2D eigenvalue weighted by Crippen LogP contribution is 2.04. The highest BCUT2D eigenvalue weighted by Gasteiger charge is 2.05. The molecule has 1 N–H and O–H groups in total.